The van der Waals surface area contributed by atoms with Gasteiger partial charge in [-0.1, -0.05) is 58.0 Å². The fourth-order valence-electron chi connectivity index (χ4n) is 9.87. The number of carbonyl (C=O) groups is 3. The zero-order valence-corrected chi connectivity index (χ0v) is 26.0. The normalized spacial score (nSPS) is 38.7. The molecule has 0 radical (unpaired) electrons. The SMILES string of the molecule is CC(=O)[C@H]1CC[C@H]2[C@@H]3CC[C@H]4C[C@](C)(OC(=O)[C@@H](NC(=O)OCc5ccccc5)C(C)C)CC[C@]4(C)[C@H]3CC[C@]12C. The number of ether oxygens (including phenoxy) is 2. The van der Waals surface area contributed by atoms with Crippen molar-refractivity contribution >= 4 is 17.8 Å². The van der Waals surface area contributed by atoms with Gasteiger partial charge in [0.2, 0.25) is 0 Å². The van der Waals surface area contributed by atoms with Gasteiger partial charge in [-0.2, -0.15) is 0 Å². The Hall–Kier alpha value is -2.37. The molecule has 0 saturated heterocycles. The second-order valence-electron chi connectivity index (χ2n) is 14.9. The quantitative estimate of drug-likeness (QED) is 0.347. The Balaban J connectivity index is 1.21. The molecule has 1 aromatic rings. The molecule has 1 N–H and O–H groups in total. The molecule has 1 amide bonds. The average Bonchev–Trinajstić information content (AvgIpc) is 3.29. The van der Waals surface area contributed by atoms with Crippen LogP contribution in [0.5, 0.6) is 0 Å². The molecule has 0 spiro atoms. The molecule has 4 fully saturated rings. The minimum atomic E-state index is -0.758. The smallest absolute Gasteiger partial charge is 0.408 e. The van der Waals surface area contributed by atoms with E-state index in [1.54, 1.807) is 6.92 Å². The highest BCUT2D eigenvalue weighted by molar-refractivity contribution is 5.82. The fraction of sp³-hybridized carbons (Fsp3) is 0.743. The molecule has 0 heterocycles. The van der Waals surface area contributed by atoms with Crippen molar-refractivity contribution in [3.8, 4) is 0 Å². The van der Waals surface area contributed by atoms with Crippen LogP contribution in [0.15, 0.2) is 30.3 Å². The van der Waals surface area contributed by atoms with Gasteiger partial charge in [0, 0.05) is 5.92 Å². The molecule has 1 aromatic carbocycles. The number of esters is 1. The monoisotopic (exact) mass is 565 g/mol. The molecule has 226 valence electrons. The maximum absolute atomic E-state index is 13.5. The van der Waals surface area contributed by atoms with Crippen LogP contribution in [0.25, 0.3) is 0 Å². The molecule has 0 unspecified atom stereocenters. The van der Waals surface area contributed by atoms with E-state index in [2.05, 4.69) is 26.1 Å². The number of fused-ring (bicyclic) bond motifs is 5. The van der Waals surface area contributed by atoms with E-state index in [0.717, 1.165) is 31.2 Å². The van der Waals surface area contributed by atoms with E-state index in [1.165, 1.54) is 32.1 Å². The minimum Gasteiger partial charge on any atom is -0.458 e. The summed E-state index contributed by atoms with van der Waals surface area (Å²) in [5.74, 6) is 2.72. The van der Waals surface area contributed by atoms with E-state index in [1.807, 2.05) is 44.2 Å². The van der Waals surface area contributed by atoms with Crippen LogP contribution in [0.4, 0.5) is 4.79 Å². The first-order valence-corrected chi connectivity index (χ1v) is 16.1. The lowest BCUT2D eigenvalue weighted by Gasteiger charge is -2.62. The van der Waals surface area contributed by atoms with E-state index in [-0.39, 0.29) is 35.2 Å². The molecule has 5 rings (SSSR count). The number of nitrogens with one attached hydrogen (secondary N) is 1. The van der Waals surface area contributed by atoms with E-state index >= 15 is 0 Å². The van der Waals surface area contributed by atoms with Gasteiger partial charge in [0.05, 0.1) is 0 Å². The highest BCUT2D eigenvalue weighted by atomic mass is 16.6. The predicted octanol–water partition coefficient (Wildman–Crippen LogP) is 7.49. The third-order valence-electron chi connectivity index (χ3n) is 12.2. The number of hydrogen-bond donors (Lipinski definition) is 1. The van der Waals surface area contributed by atoms with Crippen LogP contribution in [0.3, 0.4) is 0 Å². The van der Waals surface area contributed by atoms with E-state index in [0.29, 0.717) is 29.5 Å². The van der Waals surface area contributed by atoms with Gasteiger partial charge in [0.1, 0.15) is 24.0 Å². The van der Waals surface area contributed by atoms with Crippen LogP contribution in [-0.4, -0.2) is 29.5 Å². The van der Waals surface area contributed by atoms with Crippen LogP contribution < -0.4 is 5.32 Å². The molecule has 0 aliphatic heterocycles. The van der Waals surface area contributed by atoms with Crippen LogP contribution in [-0.2, 0) is 25.7 Å². The summed E-state index contributed by atoms with van der Waals surface area (Å²) in [6.45, 7) is 12.8. The Labute approximate surface area is 246 Å². The first kappa shape index (κ1) is 30.1. The van der Waals surface area contributed by atoms with Crippen molar-refractivity contribution in [2.75, 3.05) is 0 Å². The highest BCUT2D eigenvalue weighted by Gasteiger charge is 2.62. The maximum Gasteiger partial charge on any atom is 0.408 e. The second kappa shape index (κ2) is 11.4. The lowest BCUT2D eigenvalue weighted by molar-refractivity contribution is -0.183. The molecule has 6 heteroatoms. The zero-order chi connectivity index (χ0) is 29.6. The van der Waals surface area contributed by atoms with Crippen molar-refractivity contribution in [2.24, 2.45) is 46.3 Å². The first-order valence-electron chi connectivity index (χ1n) is 16.1. The Morgan fingerprint density at radius 3 is 2.29 bits per heavy atom. The molecular weight excluding hydrogens is 514 g/mol. The first-order chi connectivity index (χ1) is 19.4. The van der Waals surface area contributed by atoms with Crippen molar-refractivity contribution in [1.29, 1.82) is 0 Å². The van der Waals surface area contributed by atoms with Gasteiger partial charge in [-0.3, -0.25) is 4.79 Å². The number of amides is 1. The second-order valence-corrected chi connectivity index (χ2v) is 14.9. The Morgan fingerprint density at radius 1 is 0.902 bits per heavy atom. The van der Waals surface area contributed by atoms with Gasteiger partial charge in [-0.05, 0) is 118 Å². The summed E-state index contributed by atoms with van der Waals surface area (Å²) in [6, 6.07) is 8.75. The van der Waals surface area contributed by atoms with Crippen molar-refractivity contribution < 1.29 is 23.9 Å². The molecule has 41 heavy (non-hydrogen) atoms. The summed E-state index contributed by atoms with van der Waals surface area (Å²) in [5.41, 5.74) is 0.790. The largest absolute Gasteiger partial charge is 0.458 e. The topological polar surface area (TPSA) is 81.7 Å². The van der Waals surface area contributed by atoms with Gasteiger partial charge in [0.15, 0.2) is 0 Å². The van der Waals surface area contributed by atoms with Crippen molar-refractivity contribution in [3.05, 3.63) is 35.9 Å². The van der Waals surface area contributed by atoms with Crippen molar-refractivity contribution in [2.45, 2.75) is 118 Å². The lowest BCUT2D eigenvalue weighted by atomic mass is 9.44. The lowest BCUT2D eigenvalue weighted by Crippen LogP contribution is -2.57. The van der Waals surface area contributed by atoms with Gasteiger partial charge in [-0.25, -0.2) is 9.59 Å². The number of Topliss-reactive ketones (excluding diaryl/α,β-unsaturated/α-hetero) is 1. The summed E-state index contributed by atoms with van der Waals surface area (Å²) in [4.78, 5) is 38.5. The average molecular weight is 566 g/mol. The van der Waals surface area contributed by atoms with Crippen LogP contribution in [0.2, 0.25) is 0 Å². The molecule has 6 nitrogen and oxygen atoms in total. The summed E-state index contributed by atoms with van der Waals surface area (Å²) < 4.78 is 11.7. The molecule has 4 aliphatic carbocycles. The number of rotatable bonds is 7. The molecule has 4 aliphatic rings. The van der Waals surface area contributed by atoms with Crippen LogP contribution >= 0.6 is 0 Å². The Bertz CT molecular complexity index is 1130. The van der Waals surface area contributed by atoms with E-state index in [9.17, 15) is 14.4 Å². The van der Waals surface area contributed by atoms with Gasteiger partial charge < -0.3 is 14.8 Å². The molecule has 4 saturated carbocycles. The molecule has 9 atom stereocenters. The van der Waals surface area contributed by atoms with Crippen LogP contribution in [0, 0.1) is 46.3 Å². The molecule has 0 bridgehead atoms. The van der Waals surface area contributed by atoms with Gasteiger partial charge in [-0.15, -0.1) is 0 Å². The summed E-state index contributed by atoms with van der Waals surface area (Å²) in [5, 5.41) is 2.77. The standard InChI is InChI=1S/C35H51NO5/c1-22(2)30(36-32(39)40-21-24-10-8-7-9-11-24)31(38)41-33(4)18-19-34(5)25(20-33)12-13-26-28-15-14-27(23(3)37)35(28,6)17-16-29(26)34/h7-11,22,25-30H,12-21H2,1-6H3,(H,36,39)/t25-,26-,27+,28-,29-,30-,33+,34-,35+/m0/s1. The summed E-state index contributed by atoms with van der Waals surface area (Å²) in [6.07, 6.45) is 9.22. The predicted molar refractivity (Wildman–Crippen MR) is 159 cm³/mol. The number of ketones is 1. The number of benzene rings is 1. The Morgan fingerprint density at radius 2 is 1.61 bits per heavy atom. The summed E-state index contributed by atoms with van der Waals surface area (Å²) in [7, 11) is 0. The number of alkyl carbamates (subject to hydrolysis) is 1. The number of hydrogen-bond acceptors (Lipinski definition) is 5. The zero-order valence-electron chi connectivity index (χ0n) is 26.0. The molecular formula is C35H51NO5. The third-order valence-corrected chi connectivity index (χ3v) is 12.2. The van der Waals surface area contributed by atoms with Crippen LogP contribution in [0.1, 0.15) is 105 Å². The molecule has 0 aromatic heterocycles. The fourth-order valence-corrected chi connectivity index (χ4v) is 9.87. The van der Waals surface area contributed by atoms with E-state index < -0.39 is 17.7 Å². The Kier molecular flexibility index (Phi) is 8.35. The van der Waals surface area contributed by atoms with Crippen molar-refractivity contribution in [3.63, 3.8) is 0 Å². The summed E-state index contributed by atoms with van der Waals surface area (Å²) >= 11 is 0. The minimum absolute atomic E-state index is 0.124. The van der Waals surface area contributed by atoms with Gasteiger partial charge >= 0.3 is 12.1 Å². The van der Waals surface area contributed by atoms with Gasteiger partial charge in [0.25, 0.3) is 0 Å². The van der Waals surface area contributed by atoms with Crippen molar-refractivity contribution in [1.82, 2.24) is 5.32 Å². The third kappa shape index (κ3) is 5.69. The number of carbonyl (C=O) groups excluding carboxylic acids is 3. The maximum atomic E-state index is 13.5. The van der Waals surface area contributed by atoms with E-state index in [4.69, 9.17) is 9.47 Å². The highest BCUT2D eigenvalue weighted by Crippen LogP contribution is 2.68.